The van der Waals surface area contributed by atoms with Crippen molar-refractivity contribution in [1.29, 1.82) is 0 Å². The second-order valence-corrected chi connectivity index (χ2v) is 7.71. The number of halogens is 3. The average molecular weight is 394 g/mol. The Morgan fingerprint density at radius 3 is 2.59 bits per heavy atom. The molecule has 2 aromatic heterocycles. The Bertz CT molecular complexity index is 953. The fraction of sp³-hybridized carbons (Fsp3) is 0.389. The first-order valence-electron chi connectivity index (χ1n) is 8.58. The van der Waals surface area contributed by atoms with Crippen LogP contribution in [0.1, 0.15) is 39.8 Å². The summed E-state index contributed by atoms with van der Waals surface area (Å²) >= 11 is 1.64. The molecule has 1 aromatic carbocycles. The molecule has 27 heavy (non-hydrogen) atoms. The van der Waals surface area contributed by atoms with E-state index in [2.05, 4.69) is 10.1 Å². The highest BCUT2D eigenvalue weighted by molar-refractivity contribution is 7.18. The molecule has 9 heteroatoms. The minimum Gasteiger partial charge on any atom is -0.338 e. The molecule has 0 N–H and O–H groups in total. The molecule has 142 valence electrons. The molecule has 1 aliphatic rings. The molecule has 1 aliphatic heterocycles. The number of piperidine rings is 1. The van der Waals surface area contributed by atoms with Gasteiger partial charge in [0.2, 0.25) is 0 Å². The number of rotatable bonds is 2. The number of hydrogen-bond donors (Lipinski definition) is 0. The predicted molar refractivity (Wildman–Crippen MR) is 95.7 cm³/mol. The van der Waals surface area contributed by atoms with Crippen LogP contribution in [0.2, 0.25) is 0 Å². The molecule has 0 aliphatic carbocycles. The van der Waals surface area contributed by atoms with Gasteiger partial charge in [0.25, 0.3) is 5.91 Å². The van der Waals surface area contributed by atoms with Crippen molar-refractivity contribution in [3.8, 4) is 0 Å². The first-order chi connectivity index (χ1) is 12.8. The monoisotopic (exact) mass is 394 g/mol. The number of carbonyl (C=O) groups excluding carboxylic acids is 1. The smallest absolute Gasteiger partial charge is 0.338 e. The van der Waals surface area contributed by atoms with Gasteiger partial charge in [-0.05, 0) is 25.0 Å². The quantitative estimate of drug-likeness (QED) is 0.658. The van der Waals surface area contributed by atoms with Crippen molar-refractivity contribution < 1.29 is 18.0 Å². The van der Waals surface area contributed by atoms with Crippen molar-refractivity contribution in [2.45, 2.75) is 24.9 Å². The van der Waals surface area contributed by atoms with Crippen LogP contribution in [-0.4, -0.2) is 38.7 Å². The predicted octanol–water partition coefficient (Wildman–Crippen LogP) is 4.07. The highest BCUT2D eigenvalue weighted by atomic mass is 32.1. The van der Waals surface area contributed by atoms with Crippen LogP contribution in [0, 0.1) is 0 Å². The molecule has 0 atom stereocenters. The Hall–Kier alpha value is -2.42. The molecule has 5 nitrogen and oxygen atoms in total. The Labute approximate surface area is 157 Å². The van der Waals surface area contributed by atoms with Crippen molar-refractivity contribution >= 4 is 27.5 Å². The summed E-state index contributed by atoms with van der Waals surface area (Å²) < 4.78 is 41.5. The number of amides is 1. The molecule has 0 spiro atoms. The lowest BCUT2D eigenvalue weighted by molar-refractivity contribution is -0.141. The van der Waals surface area contributed by atoms with E-state index < -0.39 is 17.8 Å². The van der Waals surface area contributed by atoms with Crippen LogP contribution >= 0.6 is 11.3 Å². The van der Waals surface area contributed by atoms with Crippen molar-refractivity contribution in [3.05, 3.63) is 46.7 Å². The lowest BCUT2D eigenvalue weighted by Crippen LogP contribution is -2.38. The van der Waals surface area contributed by atoms with Crippen LogP contribution in [-0.2, 0) is 13.2 Å². The molecule has 1 fully saturated rings. The number of thiazole rings is 1. The van der Waals surface area contributed by atoms with E-state index in [1.165, 1.54) is 11.9 Å². The van der Waals surface area contributed by atoms with E-state index in [1.807, 2.05) is 24.3 Å². The minimum atomic E-state index is -4.65. The number of benzene rings is 1. The molecule has 1 amide bonds. The summed E-state index contributed by atoms with van der Waals surface area (Å²) in [6.45, 7) is 0.817. The van der Waals surface area contributed by atoms with E-state index in [4.69, 9.17) is 0 Å². The maximum absolute atomic E-state index is 13.1. The average Bonchev–Trinajstić information content (AvgIpc) is 3.24. The zero-order chi connectivity index (χ0) is 19.2. The number of fused-ring (bicyclic) bond motifs is 1. The van der Waals surface area contributed by atoms with E-state index in [0.29, 0.717) is 25.9 Å². The molecule has 3 aromatic rings. The lowest BCUT2D eigenvalue weighted by Gasteiger charge is -2.31. The molecule has 0 unspecified atom stereocenters. The van der Waals surface area contributed by atoms with Crippen molar-refractivity contribution in [3.63, 3.8) is 0 Å². The highest BCUT2D eigenvalue weighted by Gasteiger charge is 2.40. The van der Waals surface area contributed by atoms with E-state index in [9.17, 15) is 18.0 Å². The Balaban J connectivity index is 1.48. The van der Waals surface area contributed by atoms with Gasteiger partial charge in [0, 0.05) is 32.3 Å². The highest BCUT2D eigenvalue weighted by Crippen LogP contribution is 2.35. The van der Waals surface area contributed by atoms with Gasteiger partial charge in [-0.25, -0.2) is 4.98 Å². The number of nitrogens with zero attached hydrogens (tertiary/aromatic N) is 4. The summed E-state index contributed by atoms with van der Waals surface area (Å²) in [7, 11) is 1.38. The van der Waals surface area contributed by atoms with Crippen molar-refractivity contribution in [2.24, 2.45) is 7.05 Å². The molecule has 0 saturated carbocycles. The van der Waals surface area contributed by atoms with E-state index in [0.717, 1.165) is 26.1 Å². The van der Waals surface area contributed by atoms with Crippen LogP contribution in [0.25, 0.3) is 10.2 Å². The van der Waals surface area contributed by atoms with Crippen molar-refractivity contribution in [2.75, 3.05) is 13.1 Å². The first-order valence-corrected chi connectivity index (χ1v) is 9.40. The maximum atomic E-state index is 13.1. The molecule has 3 heterocycles. The molecule has 1 saturated heterocycles. The molecular weight excluding hydrogens is 377 g/mol. The SMILES string of the molecule is Cn1cc(C(=O)N2CCC(c3nc4ccccc4s3)CC2)c(C(F)(F)F)n1. The Morgan fingerprint density at radius 2 is 1.93 bits per heavy atom. The zero-order valence-electron chi connectivity index (χ0n) is 14.5. The van der Waals surface area contributed by atoms with Gasteiger partial charge in [-0.2, -0.15) is 18.3 Å². The van der Waals surface area contributed by atoms with Gasteiger partial charge >= 0.3 is 6.18 Å². The van der Waals surface area contributed by atoms with Crippen LogP contribution in [0.15, 0.2) is 30.5 Å². The van der Waals surface area contributed by atoms with Gasteiger partial charge in [-0.1, -0.05) is 12.1 Å². The standard InChI is InChI=1S/C18H17F3N4OS/c1-24-10-12(15(23-24)18(19,20)21)17(26)25-8-6-11(7-9-25)16-22-13-4-2-3-5-14(13)27-16/h2-5,10-11H,6-9H2,1H3. The van der Waals surface area contributed by atoms with E-state index in [-0.39, 0.29) is 11.5 Å². The number of hydrogen-bond acceptors (Lipinski definition) is 4. The summed E-state index contributed by atoms with van der Waals surface area (Å²) in [5, 5.41) is 4.45. The van der Waals surface area contributed by atoms with Gasteiger partial charge in [0.15, 0.2) is 5.69 Å². The number of alkyl halides is 3. The number of aryl methyl sites for hydroxylation is 1. The van der Waals surface area contributed by atoms with Crippen LogP contribution < -0.4 is 0 Å². The third-order valence-electron chi connectivity index (χ3n) is 4.77. The van der Waals surface area contributed by atoms with Gasteiger partial charge < -0.3 is 4.90 Å². The minimum absolute atomic E-state index is 0.224. The normalized spacial score (nSPS) is 16.2. The Morgan fingerprint density at radius 1 is 1.22 bits per heavy atom. The van der Waals surface area contributed by atoms with Crippen LogP contribution in [0.5, 0.6) is 0 Å². The lowest BCUT2D eigenvalue weighted by atomic mass is 9.97. The molecule has 0 bridgehead atoms. The van der Waals surface area contributed by atoms with Gasteiger partial charge in [0.1, 0.15) is 0 Å². The van der Waals surface area contributed by atoms with Crippen molar-refractivity contribution in [1.82, 2.24) is 19.7 Å². The summed E-state index contributed by atoms with van der Waals surface area (Å²) in [4.78, 5) is 18.8. The third-order valence-corrected chi connectivity index (χ3v) is 5.97. The molecule has 0 radical (unpaired) electrons. The second-order valence-electron chi connectivity index (χ2n) is 6.65. The maximum Gasteiger partial charge on any atom is 0.435 e. The number of para-hydroxylation sites is 1. The molecule has 4 rings (SSSR count). The first kappa shape index (κ1) is 18.0. The van der Waals surface area contributed by atoms with Gasteiger partial charge in [-0.15, -0.1) is 11.3 Å². The van der Waals surface area contributed by atoms with Crippen LogP contribution in [0.3, 0.4) is 0 Å². The molecular formula is C18H17F3N4OS. The number of likely N-dealkylation sites (tertiary alicyclic amines) is 1. The summed E-state index contributed by atoms with van der Waals surface area (Å²) in [6.07, 6.45) is -2.13. The number of aromatic nitrogens is 3. The Kier molecular flexibility index (Phi) is 4.41. The topological polar surface area (TPSA) is 51.0 Å². The van der Waals surface area contributed by atoms with Gasteiger partial charge in [-0.3, -0.25) is 9.48 Å². The summed E-state index contributed by atoms with van der Waals surface area (Å²) in [5.41, 5.74) is -0.548. The zero-order valence-corrected chi connectivity index (χ0v) is 15.3. The van der Waals surface area contributed by atoms with Crippen LogP contribution in [0.4, 0.5) is 13.2 Å². The second kappa shape index (κ2) is 6.63. The number of carbonyl (C=O) groups is 1. The van der Waals surface area contributed by atoms with Gasteiger partial charge in [0.05, 0.1) is 20.8 Å². The summed E-state index contributed by atoms with van der Waals surface area (Å²) in [6, 6.07) is 7.90. The summed E-state index contributed by atoms with van der Waals surface area (Å²) in [5.74, 6) is -0.388. The fourth-order valence-corrected chi connectivity index (χ4v) is 4.56. The fourth-order valence-electron chi connectivity index (χ4n) is 3.42. The van der Waals surface area contributed by atoms with E-state index in [1.54, 1.807) is 11.3 Å². The third kappa shape index (κ3) is 3.43. The largest absolute Gasteiger partial charge is 0.435 e. The van der Waals surface area contributed by atoms with E-state index >= 15 is 0 Å².